The van der Waals surface area contributed by atoms with Gasteiger partial charge in [-0.2, -0.15) is 0 Å². The van der Waals surface area contributed by atoms with Gasteiger partial charge in [-0.1, -0.05) is 19.9 Å². The summed E-state index contributed by atoms with van der Waals surface area (Å²) < 4.78 is 5.19. The minimum atomic E-state index is -1.17. The summed E-state index contributed by atoms with van der Waals surface area (Å²) in [4.78, 5) is 53.6. The Morgan fingerprint density at radius 3 is 2.33 bits per heavy atom. The maximum atomic E-state index is 12.9. The molecular weight excluding hydrogens is 448 g/mol. The first kappa shape index (κ1) is 28.0. The second-order valence-electron chi connectivity index (χ2n) is 8.40. The molecular formula is C22H32N4O6S. The van der Waals surface area contributed by atoms with Gasteiger partial charge >= 0.3 is 12.1 Å². The van der Waals surface area contributed by atoms with Gasteiger partial charge in [0, 0.05) is 4.90 Å². The topological polar surface area (TPSA) is 147 Å². The molecule has 3 amide bonds. The maximum Gasteiger partial charge on any atom is 0.407 e. The van der Waals surface area contributed by atoms with Crippen molar-refractivity contribution < 1.29 is 29.0 Å². The van der Waals surface area contributed by atoms with Gasteiger partial charge in [0.1, 0.15) is 23.0 Å². The summed E-state index contributed by atoms with van der Waals surface area (Å²) in [6.45, 7) is 10.1. The fourth-order valence-corrected chi connectivity index (χ4v) is 3.10. The van der Waals surface area contributed by atoms with Crippen molar-refractivity contribution in [2.45, 2.75) is 64.6 Å². The van der Waals surface area contributed by atoms with Gasteiger partial charge in [0.2, 0.25) is 0 Å². The number of aromatic nitrogens is 1. The number of carbonyl (C=O) groups is 4. The minimum absolute atomic E-state index is 0.0372. The third-order valence-electron chi connectivity index (χ3n) is 4.16. The number of alkyl carbamates (subject to hydrolysis) is 1. The SMILES string of the molecule is C/C=C(\NC(=O)c1nc(CNC(=O)OC(C)(C)C)ccc1SC)C(=O)N[C@H](C(=O)O)C(C)C. The standard InChI is InChI=1S/C22H32N4O6S/c1-8-14(18(27)26-16(12(2)3)20(29)30)25-19(28)17-15(33-7)10-9-13(24-17)11-23-21(31)32-22(4,5)6/h8-10,12,16H,11H2,1-7H3,(H,23,31)(H,25,28)(H,26,27)(H,29,30)/b14-8-/t16-/m0/s1. The van der Waals surface area contributed by atoms with Gasteiger partial charge in [0.25, 0.3) is 11.8 Å². The average molecular weight is 481 g/mol. The molecule has 11 heteroatoms. The average Bonchev–Trinajstić information content (AvgIpc) is 2.71. The number of allylic oxidation sites excluding steroid dienone is 1. The first-order chi connectivity index (χ1) is 15.3. The summed E-state index contributed by atoms with van der Waals surface area (Å²) in [5.41, 5.74) is -0.264. The zero-order valence-corrected chi connectivity index (χ0v) is 20.8. The Kier molecular flexibility index (Phi) is 10.4. The molecule has 0 aromatic carbocycles. The first-order valence-electron chi connectivity index (χ1n) is 10.3. The van der Waals surface area contributed by atoms with Crippen molar-refractivity contribution in [3.63, 3.8) is 0 Å². The Balaban J connectivity index is 2.98. The van der Waals surface area contributed by atoms with Crippen molar-refractivity contribution in [3.8, 4) is 0 Å². The summed E-state index contributed by atoms with van der Waals surface area (Å²) in [7, 11) is 0. The highest BCUT2D eigenvalue weighted by atomic mass is 32.2. The molecule has 0 aliphatic carbocycles. The number of ether oxygens (including phenoxy) is 1. The van der Waals surface area contributed by atoms with Crippen molar-refractivity contribution in [1.29, 1.82) is 0 Å². The molecule has 0 aliphatic heterocycles. The van der Waals surface area contributed by atoms with Gasteiger partial charge in [-0.15, -0.1) is 11.8 Å². The quantitative estimate of drug-likeness (QED) is 0.312. The number of nitrogens with one attached hydrogen (secondary N) is 3. The zero-order chi connectivity index (χ0) is 25.3. The Morgan fingerprint density at radius 1 is 1.21 bits per heavy atom. The van der Waals surface area contributed by atoms with Crippen LogP contribution in [0, 0.1) is 5.92 Å². The lowest BCUT2D eigenvalue weighted by Gasteiger charge is -2.20. The van der Waals surface area contributed by atoms with Gasteiger partial charge in [-0.3, -0.25) is 9.59 Å². The van der Waals surface area contributed by atoms with E-state index in [1.165, 1.54) is 17.8 Å². The molecule has 1 atom stereocenters. The molecule has 0 saturated carbocycles. The van der Waals surface area contributed by atoms with E-state index in [1.54, 1.807) is 59.9 Å². The Labute approximate surface area is 197 Å². The number of carbonyl (C=O) groups excluding carboxylic acids is 3. The van der Waals surface area contributed by atoms with Crippen LogP contribution in [0.1, 0.15) is 57.7 Å². The molecule has 0 bridgehead atoms. The third-order valence-corrected chi connectivity index (χ3v) is 4.93. The fraction of sp³-hybridized carbons (Fsp3) is 0.500. The number of hydrogen-bond acceptors (Lipinski definition) is 7. The molecule has 1 aromatic rings. The molecule has 33 heavy (non-hydrogen) atoms. The number of thioether (sulfide) groups is 1. The number of pyridine rings is 1. The molecule has 0 unspecified atom stereocenters. The molecule has 0 aliphatic rings. The van der Waals surface area contributed by atoms with Gasteiger partial charge in [-0.05, 0) is 52.0 Å². The Hall–Kier alpha value is -3.08. The van der Waals surface area contributed by atoms with Crippen LogP contribution in [0.25, 0.3) is 0 Å². The second kappa shape index (κ2) is 12.2. The van der Waals surface area contributed by atoms with Crippen LogP contribution in [0.2, 0.25) is 0 Å². The van der Waals surface area contributed by atoms with Crippen LogP contribution in [-0.2, 0) is 20.9 Å². The molecule has 0 fully saturated rings. The monoisotopic (exact) mass is 480 g/mol. The smallest absolute Gasteiger partial charge is 0.407 e. The van der Waals surface area contributed by atoms with Crippen LogP contribution >= 0.6 is 11.8 Å². The number of amides is 3. The van der Waals surface area contributed by atoms with Crippen molar-refractivity contribution in [3.05, 3.63) is 35.3 Å². The highest BCUT2D eigenvalue weighted by molar-refractivity contribution is 7.98. The van der Waals surface area contributed by atoms with Crippen LogP contribution in [0.3, 0.4) is 0 Å². The van der Waals surface area contributed by atoms with E-state index in [0.29, 0.717) is 10.6 Å². The van der Waals surface area contributed by atoms with Crippen LogP contribution in [0.15, 0.2) is 28.8 Å². The van der Waals surface area contributed by atoms with E-state index in [1.807, 2.05) is 0 Å². The summed E-state index contributed by atoms with van der Waals surface area (Å²) >= 11 is 1.29. The lowest BCUT2D eigenvalue weighted by molar-refractivity contribution is -0.142. The van der Waals surface area contributed by atoms with Crippen molar-refractivity contribution in [2.75, 3.05) is 6.26 Å². The molecule has 4 N–H and O–H groups in total. The normalized spacial score (nSPS) is 12.7. The molecule has 182 valence electrons. The van der Waals surface area contributed by atoms with E-state index in [-0.39, 0.29) is 23.9 Å². The van der Waals surface area contributed by atoms with Crippen LogP contribution in [0.5, 0.6) is 0 Å². The van der Waals surface area contributed by atoms with Crippen LogP contribution in [-0.4, -0.2) is 51.9 Å². The first-order valence-corrected chi connectivity index (χ1v) is 11.5. The zero-order valence-electron chi connectivity index (χ0n) is 19.9. The molecule has 1 aromatic heterocycles. The van der Waals surface area contributed by atoms with Gasteiger partial charge in [0.05, 0.1) is 12.2 Å². The number of hydrogen-bond donors (Lipinski definition) is 4. The molecule has 0 saturated heterocycles. The van der Waals surface area contributed by atoms with Crippen molar-refractivity contribution >= 4 is 35.6 Å². The number of nitrogens with zero attached hydrogens (tertiary/aromatic N) is 1. The van der Waals surface area contributed by atoms with Crippen LogP contribution in [0.4, 0.5) is 4.79 Å². The Morgan fingerprint density at radius 2 is 1.85 bits per heavy atom. The molecule has 10 nitrogen and oxygen atoms in total. The predicted octanol–water partition coefficient (Wildman–Crippen LogP) is 2.69. The van der Waals surface area contributed by atoms with E-state index in [9.17, 15) is 24.3 Å². The minimum Gasteiger partial charge on any atom is -0.480 e. The van der Waals surface area contributed by atoms with Crippen molar-refractivity contribution in [1.82, 2.24) is 20.9 Å². The largest absolute Gasteiger partial charge is 0.480 e. The van der Waals surface area contributed by atoms with E-state index in [4.69, 9.17) is 4.74 Å². The van der Waals surface area contributed by atoms with Gasteiger partial charge in [-0.25, -0.2) is 14.6 Å². The number of aliphatic carboxylic acids is 1. The van der Waals surface area contributed by atoms with E-state index >= 15 is 0 Å². The summed E-state index contributed by atoms with van der Waals surface area (Å²) in [6, 6.07) is 2.25. The number of carboxylic acid groups (broad SMARTS) is 1. The number of rotatable bonds is 9. The third kappa shape index (κ3) is 9.13. The molecule has 0 radical (unpaired) electrons. The summed E-state index contributed by atoms with van der Waals surface area (Å²) in [5.74, 6) is -2.88. The van der Waals surface area contributed by atoms with Crippen LogP contribution < -0.4 is 16.0 Å². The summed E-state index contributed by atoms with van der Waals surface area (Å²) in [6.07, 6.45) is 2.53. The number of carboxylic acids is 1. The van der Waals surface area contributed by atoms with Gasteiger partial charge < -0.3 is 25.8 Å². The van der Waals surface area contributed by atoms with E-state index < -0.39 is 35.5 Å². The van der Waals surface area contributed by atoms with E-state index in [0.717, 1.165) is 0 Å². The second-order valence-corrected chi connectivity index (χ2v) is 9.25. The van der Waals surface area contributed by atoms with Crippen molar-refractivity contribution in [2.24, 2.45) is 5.92 Å². The Bertz CT molecular complexity index is 924. The maximum absolute atomic E-state index is 12.9. The highest BCUT2D eigenvalue weighted by Gasteiger charge is 2.26. The predicted molar refractivity (Wildman–Crippen MR) is 125 cm³/mol. The van der Waals surface area contributed by atoms with E-state index in [2.05, 4.69) is 20.9 Å². The molecule has 0 spiro atoms. The van der Waals surface area contributed by atoms with Gasteiger partial charge in [0.15, 0.2) is 0 Å². The lowest BCUT2D eigenvalue weighted by Crippen LogP contribution is -2.47. The molecule has 1 rings (SSSR count). The fourth-order valence-electron chi connectivity index (χ4n) is 2.56. The lowest BCUT2D eigenvalue weighted by atomic mass is 10.0. The summed E-state index contributed by atoms with van der Waals surface area (Å²) in [5, 5.41) is 16.8. The highest BCUT2D eigenvalue weighted by Crippen LogP contribution is 2.20. The molecule has 1 heterocycles.